The molecule has 0 aromatic heterocycles. The summed E-state index contributed by atoms with van der Waals surface area (Å²) in [5.74, 6) is 1.25. The first-order valence-electron chi connectivity index (χ1n) is 13.7. The molecular weight excluding hydrogens is 474 g/mol. The largest absolute Gasteiger partial charge is 0.369 e. The Balaban J connectivity index is 1.19. The molecule has 6 rings (SSSR count). The standard InChI is InChI=1S/C28H41N3O4S/c1-27(2,31-36(34,35)23-10-8-20(9-11-23)19-6-4-3-5-7-19)17-24(32)30-25-21-12-18-13-22(25)16-28(14-18,15-21)26(29)33/h8-11,18-19,21-22,25,31H,3-7,12-17H2,1-2H3,(H2,29,33)(H,30,32). The third-order valence-corrected chi connectivity index (χ3v) is 11.1. The molecule has 8 heteroatoms. The SMILES string of the molecule is CC(C)(CC(=O)NC1C2CC3CC1CC(C(N)=O)(C3)C2)NS(=O)(=O)c1ccc(C2CCCCC2)cc1. The number of primary amides is 1. The van der Waals surface area contributed by atoms with Crippen molar-refractivity contribution in [2.24, 2.45) is 28.9 Å². The van der Waals surface area contributed by atoms with Crippen LogP contribution in [0.4, 0.5) is 0 Å². The summed E-state index contributed by atoms with van der Waals surface area (Å²) in [6, 6.07) is 7.29. The van der Waals surface area contributed by atoms with Gasteiger partial charge in [0.1, 0.15) is 0 Å². The van der Waals surface area contributed by atoms with E-state index >= 15 is 0 Å². The fraction of sp³-hybridized carbons (Fsp3) is 0.714. The lowest BCUT2D eigenvalue weighted by Gasteiger charge is -2.58. The van der Waals surface area contributed by atoms with E-state index in [0.717, 1.165) is 32.1 Å². The lowest BCUT2D eigenvalue weighted by molar-refractivity contribution is -0.147. The number of rotatable bonds is 8. The summed E-state index contributed by atoms with van der Waals surface area (Å²) >= 11 is 0. The number of benzene rings is 1. The highest BCUT2D eigenvalue weighted by molar-refractivity contribution is 7.89. The molecule has 1 aromatic rings. The van der Waals surface area contributed by atoms with Crippen molar-refractivity contribution in [1.29, 1.82) is 0 Å². The molecule has 1 aromatic carbocycles. The van der Waals surface area contributed by atoms with Gasteiger partial charge in [-0.2, -0.15) is 0 Å². The number of carbonyl (C=O) groups excluding carboxylic acids is 2. The highest BCUT2D eigenvalue weighted by atomic mass is 32.2. The second kappa shape index (κ2) is 9.43. The second-order valence-corrected chi connectivity index (χ2v) is 14.5. The van der Waals surface area contributed by atoms with Gasteiger partial charge in [0.05, 0.1) is 4.90 Å². The number of nitrogens with one attached hydrogen (secondary N) is 2. The Morgan fingerprint density at radius 2 is 1.61 bits per heavy atom. The molecule has 5 aliphatic carbocycles. The van der Waals surface area contributed by atoms with Crippen LogP contribution in [0.1, 0.15) is 96.0 Å². The van der Waals surface area contributed by atoms with Gasteiger partial charge < -0.3 is 11.1 Å². The number of hydrogen-bond donors (Lipinski definition) is 3. The quantitative estimate of drug-likeness (QED) is 0.485. The molecule has 0 heterocycles. The zero-order valence-electron chi connectivity index (χ0n) is 21.6. The summed E-state index contributed by atoms with van der Waals surface area (Å²) in [6.45, 7) is 3.50. The maximum Gasteiger partial charge on any atom is 0.241 e. The molecule has 5 aliphatic rings. The van der Waals surface area contributed by atoms with Gasteiger partial charge >= 0.3 is 0 Å². The molecule has 2 unspecified atom stereocenters. The molecular formula is C28H41N3O4S. The Kier molecular flexibility index (Phi) is 6.73. The van der Waals surface area contributed by atoms with Crippen molar-refractivity contribution >= 4 is 21.8 Å². The Hall–Kier alpha value is -1.93. The Labute approximate surface area is 215 Å². The predicted molar refractivity (Wildman–Crippen MR) is 138 cm³/mol. The smallest absolute Gasteiger partial charge is 0.241 e. The molecule has 5 saturated carbocycles. The summed E-state index contributed by atoms with van der Waals surface area (Å²) in [4.78, 5) is 25.5. The highest BCUT2D eigenvalue weighted by Gasteiger charge is 2.58. The maximum absolute atomic E-state index is 13.1. The van der Waals surface area contributed by atoms with Crippen LogP contribution in [-0.4, -0.2) is 31.8 Å². The molecule has 0 aliphatic heterocycles. The minimum Gasteiger partial charge on any atom is -0.369 e. The summed E-state index contributed by atoms with van der Waals surface area (Å²) in [6.07, 6.45) is 10.6. The molecule has 36 heavy (non-hydrogen) atoms. The van der Waals surface area contributed by atoms with Crippen LogP contribution in [0.2, 0.25) is 0 Å². The van der Waals surface area contributed by atoms with E-state index in [1.165, 1.54) is 37.7 Å². The van der Waals surface area contributed by atoms with Crippen molar-refractivity contribution in [1.82, 2.24) is 10.0 Å². The number of carbonyl (C=O) groups is 2. The first-order valence-corrected chi connectivity index (χ1v) is 15.2. The third-order valence-electron chi connectivity index (χ3n) is 9.40. The van der Waals surface area contributed by atoms with Gasteiger partial charge in [0.2, 0.25) is 21.8 Å². The molecule has 0 radical (unpaired) electrons. The lowest BCUT2D eigenvalue weighted by Crippen LogP contribution is -2.62. The topological polar surface area (TPSA) is 118 Å². The van der Waals surface area contributed by atoms with E-state index < -0.39 is 15.6 Å². The maximum atomic E-state index is 13.1. The summed E-state index contributed by atoms with van der Waals surface area (Å²) in [7, 11) is -3.76. The molecule has 4 N–H and O–H groups in total. The number of nitrogens with two attached hydrogens (primary N) is 1. The minimum atomic E-state index is -3.76. The predicted octanol–water partition coefficient (Wildman–Crippen LogP) is 3.98. The van der Waals surface area contributed by atoms with Crippen LogP contribution in [0.5, 0.6) is 0 Å². The van der Waals surface area contributed by atoms with Gasteiger partial charge in [0.25, 0.3) is 0 Å². The number of sulfonamides is 1. The van der Waals surface area contributed by atoms with Crippen LogP contribution in [0.3, 0.4) is 0 Å². The molecule has 7 nitrogen and oxygen atoms in total. The lowest BCUT2D eigenvalue weighted by atomic mass is 9.47. The highest BCUT2D eigenvalue weighted by Crippen LogP contribution is 2.59. The molecule has 198 valence electrons. The normalized spacial score (nSPS) is 32.4. The van der Waals surface area contributed by atoms with E-state index in [0.29, 0.717) is 11.8 Å². The number of hydrogen-bond acceptors (Lipinski definition) is 4. The molecule has 5 fully saturated rings. The van der Waals surface area contributed by atoms with Crippen molar-refractivity contribution in [3.63, 3.8) is 0 Å². The van der Waals surface area contributed by atoms with Gasteiger partial charge in [-0.1, -0.05) is 31.4 Å². The van der Waals surface area contributed by atoms with Crippen LogP contribution in [-0.2, 0) is 19.6 Å². The van der Waals surface area contributed by atoms with Gasteiger partial charge in [-0.25, -0.2) is 13.1 Å². The van der Waals surface area contributed by atoms with Crippen molar-refractivity contribution in [3.05, 3.63) is 29.8 Å². The van der Waals surface area contributed by atoms with Gasteiger partial charge in [-0.3, -0.25) is 9.59 Å². The monoisotopic (exact) mass is 515 g/mol. The van der Waals surface area contributed by atoms with Crippen LogP contribution in [0.15, 0.2) is 29.2 Å². The van der Waals surface area contributed by atoms with E-state index in [4.69, 9.17) is 5.73 Å². The molecule has 2 atom stereocenters. The Morgan fingerprint density at radius 3 is 2.19 bits per heavy atom. The average Bonchev–Trinajstić information content (AvgIpc) is 2.80. The minimum absolute atomic E-state index is 0.0428. The van der Waals surface area contributed by atoms with Crippen molar-refractivity contribution < 1.29 is 18.0 Å². The van der Waals surface area contributed by atoms with E-state index in [1.54, 1.807) is 26.0 Å². The van der Waals surface area contributed by atoms with Gasteiger partial charge in [0, 0.05) is 23.4 Å². The average molecular weight is 516 g/mol. The fourth-order valence-electron chi connectivity index (χ4n) is 8.01. The fourth-order valence-corrected chi connectivity index (χ4v) is 9.43. The third kappa shape index (κ3) is 5.08. The summed E-state index contributed by atoms with van der Waals surface area (Å²) in [5, 5.41) is 3.22. The first kappa shape index (κ1) is 25.7. The first-order chi connectivity index (χ1) is 17.0. The zero-order valence-corrected chi connectivity index (χ0v) is 22.4. The Morgan fingerprint density at radius 1 is 1.00 bits per heavy atom. The molecule has 0 spiro atoms. The molecule has 2 amide bonds. The van der Waals surface area contributed by atoms with E-state index in [-0.39, 0.29) is 46.4 Å². The van der Waals surface area contributed by atoms with Gasteiger partial charge in [-0.15, -0.1) is 0 Å². The number of amides is 2. The van der Waals surface area contributed by atoms with Crippen LogP contribution in [0.25, 0.3) is 0 Å². The van der Waals surface area contributed by atoms with Crippen molar-refractivity contribution in [2.75, 3.05) is 0 Å². The Bertz CT molecular complexity index is 1090. The van der Waals surface area contributed by atoms with E-state index in [1.807, 2.05) is 12.1 Å². The van der Waals surface area contributed by atoms with E-state index in [9.17, 15) is 18.0 Å². The van der Waals surface area contributed by atoms with Crippen LogP contribution < -0.4 is 15.8 Å². The molecule has 0 saturated heterocycles. The van der Waals surface area contributed by atoms with E-state index in [2.05, 4.69) is 10.0 Å². The van der Waals surface area contributed by atoms with Gasteiger partial charge in [0.15, 0.2) is 0 Å². The molecule has 4 bridgehead atoms. The summed E-state index contributed by atoms with van der Waals surface area (Å²) < 4.78 is 29.0. The van der Waals surface area contributed by atoms with Gasteiger partial charge in [-0.05, 0) is 100 Å². The zero-order chi connectivity index (χ0) is 25.7. The second-order valence-electron chi connectivity index (χ2n) is 12.8. The van der Waals surface area contributed by atoms with Crippen LogP contribution in [0, 0.1) is 23.2 Å². The van der Waals surface area contributed by atoms with Crippen molar-refractivity contribution in [2.45, 2.75) is 107 Å². The summed E-state index contributed by atoms with van der Waals surface area (Å²) in [5.41, 5.74) is 5.66. The van der Waals surface area contributed by atoms with Crippen LogP contribution >= 0.6 is 0 Å². The van der Waals surface area contributed by atoms with Crippen molar-refractivity contribution in [3.8, 4) is 0 Å².